The molecule has 0 bridgehead atoms. The molecule has 1 aromatic heterocycles. The Morgan fingerprint density at radius 2 is 1.67 bits per heavy atom. The molecule has 0 aliphatic carbocycles. The van der Waals surface area contributed by atoms with Crippen molar-refractivity contribution in [2.45, 2.75) is 19.8 Å². The number of Topliss-reactive ketones (excluding diaryl/α,β-unsaturated/α-hetero) is 1. The molecule has 0 spiro atoms. The van der Waals surface area contributed by atoms with E-state index in [2.05, 4.69) is 4.98 Å². The van der Waals surface area contributed by atoms with E-state index in [0.29, 0.717) is 48.4 Å². The van der Waals surface area contributed by atoms with Crippen LogP contribution in [0, 0.1) is 24.5 Å². The molecule has 0 unspecified atom stereocenters. The number of carbonyl (C=O) groups is 2. The van der Waals surface area contributed by atoms with E-state index in [4.69, 9.17) is 0 Å². The monoisotopic (exact) mass is 446 g/mol. The third-order valence-corrected chi connectivity index (χ3v) is 5.91. The van der Waals surface area contributed by atoms with Crippen LogP contribution in [0.15, 0.2) is 60.7 Å². The largest absolute Gasteiger partial charge is 0.339 e. The fraction of sp³-hybridized carbons (Fsp3) is 0.222. The van der Waals surface area contributed by atoms with Crippen LogP contribution in [0.2, 0.25) is 0 Å². The lowest BCUT2D eigenvalue weighted by Crippen LogP contribution is -2.40. The minimum absolute atomic E-state index is 0.00520. The summed E-state index contributed by atoms with van der Waals surface area (Å²) in [5, 5.41) is 0. The first-order chi connectivity index (χ1) is 15.9. The summed E-state index contributed by atoms with van der Waals surface area (Å²) < 4.78 is 26.4. The first-order valence-corrected chi connectivity index (χ1v) is 10.9. The third-order valence-electron chi connectivity index (χ3n) is 5.91. The van der Waals surface area contributed by atoms with Crippen molar-refractivity contribution in [2.24, 2.45) is 5.92 Å². The predicted molar refractivity (Wildman–Crippen MR) is 124 cm³/mol. The van der Waals surface area contributed by atoms with Crippen molar-refractivity contribution in [3.05, 3.63) is 100 Å². The molecule has 33 heavy (non-hydrogen) atoms. The number of benzene rings is 2. The number of hydrogen-bond acceptors (Lipinski definition) is 3. The summed E-state index contributed by atoms with van der Waals surface area (Å²) in [4.78, 5) is 32.0. The Morgan fingerprint density at radius 3 is 2.33 bits per heavy atom. The zero-order valence-electron chi connectivity index (χ0n) is 18.3. The van der Waals surface area contributed by atoms with E-state index in [1.165, 1.54) is 36.4 Å². The first-order valence-electron chi connectivity index (χ1n) is 10.9. The molecule has 1 aliphatic rings. The lowest BCUT2D eigenvalue weighted by Gasteiger charge is -2.31. The highest BCUT2D eigenvalue weighted by Crippen LogP contribution is 2.24. The van der Waals surface area contributed by atoms with E-state index in [0.717, 1.165) is 5.56 Å². The number of amides is 1. The molecule has 1 amide bonds. The summed E-state index contributed by atoms with van der Waals surface area (Å²) in [7, 11) is 0. The van der Waals surface area contributed by atoms with E-state index in [9.17, 15) is 18.4 Å². The molecular weight excluding hydrogens is 422 g/mol. The SMILES string of the molecule is Cc1nc(C=Cc2cccc(F)c2)ccc1C(=O)N1CCC(C(=O)c2ccc(F)cc2)CC1. The molecule has 2 aromatic carbocycles. The Morgan fingerprint density at radius 1 is 0.939 bits per heavy atom. The Kier molecular flexibility index (Phi) is 6.73. The van der Waals surface area contributed by atoms with Gasteiger partial charge in [0.1, 0.15) is 11.6 Å². The van der Waals surface area contributed by atoms with E-state index >= 15 is 0 Å². The van der Waals surface area contributed by atoms with Crippen LogP contribution in [0.5, 0.6) is 0 Å². The molecule has 0 atom stereocenters. The van der Waals surface area contributed by atoms with Gasteiger partial charge in [-0.3, -0.25) is 14.6 Å². The maximum absolute atomic E-state index is 13.3. The van der Waals surface area contributed by atoms with Gasteiger partial charge in [0.2, 0.25) is 0 Å². The molecule has 2 heterocycles. The minimum Gasteiger partial charge on any atom is -0.339 e. The zero-order chi connectivity index (χ0) is 23.4. The van der Waals surface area contributed by atoms with Crippen molar-refractivity contribution in [2.75, 3.05) is 13.1 Å². The van der Waals surface area contributed by atoms with Crippen LogP contribution < -0.4 is 0 Å². The van der Waals surface area contributed by atoms with Gasteiger partial charge in [-0.25, -0.2) is 8.78 Å². The van der Waals surface area contributed by atoms with Crippen LogP contribution in [0.1, 0.15) is 50.5 Å². The quantitative estimate of drug-likeness (QED) is 0.481. The number of nitrogens with zero attached hydrogens (tertiary/aromatic N) is 2. The molecule has 1 saturated heterocycles. The van der Waals surface area contributed by atoms with Crippen LogP contribution in [-0.4, -0.2) is 34.7 Å². The Balaban J connectivity index is 1.38. The molecule has 1 fully saturated rings. The van der Waals surface area contributed by atoms with Gasteiger partial charge in [0, 0.05) is 24.6 Å². The van der Waals surface area contributed by atoms with Gasteiger partial charge in [0.25, 0.3) is 5.91 Å². The van der Waals surface area contributed by atoms with Gasteiger partial charge in [-0.05, 0) is 79.9 Å². The second-order valence-corrected chi connectivity index (χ2v) is 8.20. The minimum atomic E-state index is -0.369. The summed E-state index contributed by atoms with van der Waals surface area (Å²) in [6.45, 7) is 2.76. The average molecular weight is 446 g/mol. The Hall–Kier alpha value is -3.67. The normalized spacial score (nSPS) is 14.6. The maximum atomic E-state index is 13.3. The topological polar surface area (TPSA) is 50.3 Å². The summed E-state index contributed by atoms with van der Waals surface area (Å²) in [5.74, 6) is -0.950. The molecular formula is C27H24F2N2O2. The lowest BCUT2D eigenvalue weighted by atomic mass is 9.88. The zero-order valence-corrected chi connectivity index (χ0v) is 18.3. The molecule has 1 aliphatic heterocycles. The van der Waals surface area contributed by atoms with Gasteiger partial charge >= 0.3 is 0 Å². The fourth-order valence-electron chi connectivity index (χ4n) is 4.06. The van der Waals surface area contributed by atoms with Gasteiger partial charge in [-0.1, -0.05) is 18.2 Å². The van der Waals surface area contributed by atoms with Crippen LogP contribution in [0.25, 0.3) is 12.2 Å². The second-order valence-electron chi connectivity index (χ2n) is 8.20. The van der Waals surface area contributed by atoms with Crippen LogP contribution >= 0.6 is 0 Å². The fourth-order valence-corrected chi connectivity index (χ4v) is 4.06. The number of aromatic nitrogens is 1. The van der Waals surface area contributed by atoms with Gasteiger partial charge in [0.05, 0.1) is 17.0 Å². The number of halogens is 2. The Labute approximate surface area is 191 Å². The number of rotatable bonds is 5. The number of ketones is 1. The Bertz CT molecular complexity index is 1200. The molecule has 6 heteroatoms. The average Bonchev–Trinajstić information content (AvgIpc) is 2.83. The van der Waals surface area contributed by atoms with Crippen molar-refractivity contribution in [3.8, 4) is 0 Å². The number of piperidine rings is 1. The third kappa shape index (κ3) is 5.40. The number of pyridine rings is 1. The van der Waals surface area contributed by atoms with Gasteiger partial charge in [-0.15, -0.1) is 0 Å². The summed E-state index contributed by atoms with van der Waals surface area (Å²) in [5.41, 5.74) is 3.06. The van der Waals surface area contributed by atoms with E-state index in [1.54, 1.807) is 48.2 Å². The van der Waals surface area contributed by atoms with Crippen molar-refractivity contribution < 1.29 is 18.4 Å². The van der Waals surface area contributed by atoms with Gasteiger partial charge in [0.15, 0.2) is 5.78 Å². The summed E-state index contributed by atoms with van der Waals surface area (Å²) in [6, 6.07) is 15.4. The highest BCUT2D eigenvalue weighted by atomic mass is 19.1. The molecule has 3 aromatic rings. The highest BCUT2D eigenvalue weighted by molar-refractivity contribution is 5.98. The molecule has 0 radical (unpaired) electrons. The van der Waals surface area contributed by atoms with Gasteiger partial charge < -0.3 is 4.90 Å². The summed E-state index contributed by atoms with van der Waals surface area (Å²) >= 11 is 0. The maximum Gasteiger partial charge on any atom is 0.255 e. The number of hydrogen-bond donors (Lipinski definition) is 0. The second kappa shape index (κ2) is 9.86. The lowest BCUT2D eigenvalue weighted by molar-refractivity contribution is 0.0649. The van der Waals surface area contributed by atoms with E-state index in [1.807, 2.05) is 0 Å². The van der Waals surface area contributed by atoms with Crippen molar-refractivity contribution in [3.63, 3.8) is 0 Å². The van der Waals surface area contributed by atoms with Gasteiger partial charge in [-0.2, -0.15) is 0 Å². The highest BCUT2D eigenvalue weighted by Gasteiger charge is 2.29. The van der Waals surface area contributed by atoms with E-state index in [-0.39, 0.29) is 29.2 Å². The number of carbonyl (C=O) groups excluding carboxylic acids is 2. The number of likely N-dealkylation sites (tertiary alicyclic amines) is 1. The van der Waals surface area contributed by atoms with Crippen LogP contribution in [0.3, 0.4) is 0 Å². The van der Waals surface area contributed by atoms with Crippen LogP contribution in [-0.2, 0) is 0 Å². The van der Waals surface area contributed by atoms with E-state index < -0.39 is 0 Å². The molecule has 168 valence electrons. The van der Waals surface area contributed by atoms with Crippen molar-refractivity contribution >= 4 is 23.8 Å². The van der Waals surface area contributed by atoms with Crippen molar-refractivity contribution in [1.29, 1.82) is 0 Å². The van der Waals surface area contributed by atoms with Crippen molar-refractivity contribution in [1.82, 2.24) is 9.88 Å². The smallest absolute Gasteiger partial charge is 0.255 e. The molecule has 0 saturated carbocycles. The van der Waals surface area contributed by atoms with Crippen LogP contribution in [0.4, 0.5) is 8.78 Å². The predicted octanol–water partition coefficient (Wildman–Crippen LogP) is 5.57. The molecule has 4 nitrogen and oxygen atoms in total. The summed E-state index contributed by atoms with van der Waals surface area (Å²) in [6.07, 6.45) is 4.70. The first kappa shape index (κ1) is 22.5. The standard InChI is InChI=1S/C27H24F2N2O2/c1-18-25(12-11-24(30-18)10-5-19-3-2-4-23(29)17-19)27(33)31-15-13-21(14-16-31)26(32)20-6-8-22(28)9-7-20/h2-12,17,21H,13-16H2,1H3. The number of aryl methyl sites for hydroxylation is 1. The molecule has 0 N–H and O–H groups in total. The molecule has 4 rings (SSSR count).